The highest BCUT2D eigenvalue weighted by atomic mass is 14.6. The highest BCUT2D eigenvalue weighted by molar-refractivity contribution is 5.27. The van der Waals surface area contributed by atoms with E-state index in [1.165, 1.54) is 5.56 Å². The third kappa shape index (κ3) is 2.61. The van der Waals surface area contributed by atoms with E-state index in [4.69, 9.17) is 12.2 Å². The molecule has 1 aromatic rings. The first-order valence-corrected chi connectivity index (χ1v) is 4.94. The van der Waals surface area contributed by atoms with Gasteiger partial charge in [0.05, 0.1) is 0 Å². The Kier molecular flexibility index (Phi) is 3.73. The molecule has 0 saturated carbocycles. The highest BCUT2D eigenvalue weighted by Gasteiger charge is 2.04. The van der Waals surface area contributed by atoms with E-state index in [2.05, 4.69) is 44.0 Å². The smallest absolute Gasteiger partial charge is 0.0405 e. The van der Waals surface area contributed by atoms with Crippen molar-refractivity contribution in [2.75, 3.05) is 0 Å². The molecule has 0 aromatic heterocycles. The van der Waals surface area contributed by atoms with E-state index >= 15 is 0 Å². The molecule has 1 unspecified atom stereocenters. The molecular formula is C13H17N. The number of terminal acetylenes is 1. The summed E-state index contributed by atoms with van der Waals surface area (Å²) in [6.45, 7) is 4.35. The van der Waals surface area contributed by atoms with Gasteiger partial charge in [-0.1, -0.05) is 38.1 Å². The standard InChI is InChI=1S/C13H17N/c1-4-5-13(14)12-8-6-11(7-9-12)10(2)3/h1,6-10,13H,5,14H2,2-3H3. The lowest BCUT2D eigenvalue weighted by Gasteiger charge is -2.10. The SMILES string of the molecule is C#CCC(N)c1ccc(C(C)C)cc1. The van der Waals surface area contributed by atoms with Crippen LogP contribution in [0, 0.1) is 12.3 Å². The summed E-state index contributed by atoms with van der Waals surface area (Å²) in [6, 6.07) is 8.35. The second-order valence-corrected chi connectivity index (χ2v) is 3.84. The van der Waals surface area contributed by atoms with Gasteiger partial charge in [-0.25, -0.2) is 0 Å². The molecule has 1 aromatic carbocycles. The Labute approximate surface area is 86.3 Å². The second-order valence-electron chi connectivity index (χ2n) is 3.84. The van der Waals surface area contributed by atoms with Crippen LogP contribution in [0.15, 0.2) is 24.3 Å². The molecule has 1 atom stereocenters. The van der Waals surface area contributed by atoms with Crippen LogP contribution in [-0.4, -0.2) is 0 Å². The van der Waals surface area contributed by atoms with Crippen molar-refractivity contribution in [2.45, 2.75) is 32.2 Å². The molecule has 0 aliphatic rings. The zero-order chi connectivity index (χ0) is 10.6. The second kappa shape index (κ2) is 4.83. The predicted molar refractivity (Wildman–Crippen MR) is 60.9 cm³/mol. The summed E-state index contributed by atoms with van der Waals surface area (Å²) in [5.41, 5.74) is 8.34. The summed E-state index contributed by atoms with van der Waals surface area (Å²) in [6.07, 6.45) is 5.81. The van der Waals surface area contributed by atoms with E-state index in [0.29, 0.717) is 12.3 Å². The molecule has 0 saturated heterocycles. The zero-order valence-electron chi connectivity index (χ0n) is 8.83. The van der Waals surface area contributed by atoms with E-state index in [0.717, 1.165) is 5.56 Å². The van der Waals surface area contributed by atoms with Gasteiger partial charge >= 0.3 is 0 Å². The maximum atomic E-state index is 5.89. The molecule has 0 aliphatic heterocycles. The van der Waals surface area contributed by atoms with Crippen LogP contribution in [0.1, 0.15) is 43.4 Å². The van der Waals surface area contributed by atoms with Crippen molar-refractivity contribution >= 4 is 0 Å². The van der Waals surface area contributed by atoms with Gasteiger partial charge in [0.25, 0.3) is 0 Å². The lowest BCUT2D eigenvalue weighted by Crippen LogP contribution is -2.09. The highest BCUT2D eigenvalue weighted by Crippen LogP contribution is 2.18. The van der Waals surface area contributed by atoms with E-state index < -0.39 is 0 Å². The third-order valence-corrected chi connectivity index (χ3v) is 2.37. The van der Waals surface area contributed by atoms with Gasteiger partial charge in [0, 0.05) is 12.5 Å². The largest absolute Gasteiger partial charge is 0.323 e. The average molecular weight is 187 g/mol. The first kappa shape index (κ1) is 10.8. The normalized spacial score (nSPS) is 12.5. The number of hydrogen-bond acceptors (Lipinski definition) is 1. The number of rotatable bonds is 3. The van der Waals surface area contributed by atoms with E-state index in [1.807, 2.05) is 0 Å². The van der Waals surface area contributed by atoms with Crippen molar-refractivity contribution in [1.29, 1.82) is 0 Å². The molecular weight excluding hydrogens is 170 g/mol. The van der Waals surface area contributed by atoms with E-state index in [1.54, 1.807) is 0 Å². The molecule has 1 rings (SSSR count). The fraction of sp³-hybridized carbons (Fsp3) is 0.385. The predicted octanol–water partition coefficient (Wildman–Crippen LogP) is 2.83. The first-order chi connectivity index (χ1) is 6.65. The van der Waals surface area contributed by atoms with Crippen molar-refractivity contribution in [1.82, 2.24) is 0 Å². The summed E-state index contributed by atoms with van der Waals surface area (Å²) in [5, 5.41) is 0. The third-order valence-electron chi connectivity index (χ3n) is 2.37. The van der Waals surface area contributed by atoms with Crippen molar-refractivity contribution < 1.29 is 0 Å². The molecule has 14 heavy (non-hydrogen) atoms. The Bertz CT molecular complexity index is 316. The summed E-state index contributed by atoms with van der Waals surface area (Å²) >= 11 is 0. The summed E-state index contributed by atoms with van der Waals surface area (Å²) in [7, 11) is 0. The summed E-state index contributed by atoms with van der Waals surface area (Å²) in [5.74, 6) is 3.14. The zero-order valence-corrected chi connectivity index (χ0v) is 8.83. The molecule has 74 valence electrons. The molecule has 0 aliphatic carbocycles. The van der Waals surface area contributed by atoms with Crippen LogP contribution in [-0.2, 0) is 0 Å². The van der Waals surface area contributed by atoms with Gasteiger partial charge in [-0.15, -0.1) is 12.3 Å². The molecule has 0 amide bonds. The van der Waals surface area contributed by atoms with Crippen LogP contribution >= 0.6 is 0 Å². The van der Waals surface area contributed by atoms with Crippen LogP contribution in [0.3, 0.4) is 0 Å². The average Bonchev–Trinajstić information content (AvgIpc) is 2.18. The van der Waals surface area contributed by atoms with E-state index in [-0.39, 0.29) is 6.04 Å². The van der Waals surface area contributed by atoms with Gasteiger partial charge in [0.2, 0.25) is 0 Å². The van der Waals surface area contributed by atoms with Gasteiger partial charge in [0.15, 0.2) is 0 Å². The molecule has 0 heterocycles. The minimum atomic E-state index is -0.0267. The number of hydrogen-bond donors (Lipinski definition) is 1. The maximum absolute atomic E-state index is 5.89. The summed E-state index contributed by atoms with van der Waals surface area (Å²) in [4.78, 5) is 0. The van der Waals surface area contributed by atoms with Crippen molar-refractivity contribution in [3.05, 3.63) is 35.4 Å². The quantitative estimate of drug-likeness (QED) is 0.723. The topological polar surface area (TPSA) is 26.0 Å². The van der Waals surface area contributed by atoms with Crippen LogP contribution in [0.2, 0.25) is 0 Å². The van der Waals surface area contributed by atoms with Gasteiger partial charge in [0.1, 0.15) is 0 Å². The Balaban J connectivity index is 2.78. The molecule has 0 spiro atoms. The van der Waals surface area contributed by atoms with Gasteiger partial charge in [-0.05, 0) is 17.0 Å². The van der Waals surface area contributed by atoms with Crippen molar-refractivity contribution in [3.8, 4) is 12.3 Å². The maximum Gasteiger partial charge on any atom is 0.0405 e. The van der Waals surface area contributed by atoms with Crippen molar-refractivity contribution in [2.24, 2.45) is 5.73 Å². The fourth-order valence-corrected chi connectivity index (χ4v) is 1.37. The number of nitrogens with two attached hydrogens (primary N) is 1. The minimum absolute atomic E-state index is 0.0267. The monoisotopic (exact) mass is 187 g/mol. The Morgan fingerprint density at radius 2 is 1.71 bits per heavy atom. The Hall–Kier alpha value is -1.26. The first-order valence-electron chi connectivity index (χ1n) is 4.94. The fourth-order valence-electron chi connectivity index (χ4n) is 1.37. The lowest BCUT2D eigenvalue weighted by molar-refractivity contribution is 0.752. The molecule has 1 nitrogen and oxygen atoms in total. The molecule has 1 heteroatoms. The Morgan fingerprint density at radius 1 is 1.21 bits per heavy atom. The van der Waals surface area contributed by atoms with E-state index in [9.17, 15) is 0 Å². The van der Waals surface area contributed by atoms with Gasteiger partial charge < -0.3 is 5.73 Å². The van der Waals surface area contributed by atoms with Crippen LogP contribution in [0.5, 0.6) is 0 Å². The van der Waals surface area contributed by atoms with Crippen LogP contribution < -0.4 is 5.73 Å². The molecule has 0 bridgehead atoms. The lowest BCUT2D eigenvalue weighted by atomic mass is 9.98. The number of benzene rings is 1. The van der Waals surface area contributed by atoms with Crippen molar-refractivity contribution in [3.63, 3.8) is 0 Å². The van der Waals surface area contributed by atoms with Gasteiger partial charge in [-0.3, -0.25) is 0 Å². The van der Waals surface area contributed by atoms with Gasteiger partial charge in [-0.2, -0.15) is 0 Å². The molecule has 0 fully saturated rings. The molecule has 2 N–H and O–H groups in total. The Morgan fingerprint density at radius 3 is 2.14 bits per heavy atom. The minimum Gasteiger partial charge on any atom is -0.323 e. The van der Waals surface area contributed by atoms with Crippen LogP contribution in [0.4, 0.5) is 0 Å². The molecule has 0 radical (unpaired) electrons. The van der Waals surface area contributed by atoms with Crippen LogP contribution in [0.25, 0.3) is 0 Å². The summed E-state index contributed by atoms with van der Waals surface area (Å²) < 4.78 is 0.